The van der Waals surface area contributed by atoms with Crippen molar-refractivity contribution in [3.05, 3.63) is 39.4 Å². The Balaban J connectivity index is 2.38. The van der Waals surface area contributed by atoms with E-state index in [4.69, 9.17) is 0 Å². The number of nitro benzene ring substituents is 1. The van der Waals surface area contributed by atoms with Crippen molar-refractivity contribution in [3.8, 4) is 0 Å². The second-order valence-electron chi connectivity index (χ2n) is 5.28. The minimum Gasteiger partial charge on any atom is -0.335 e. The summed E-state index contributed by atoms with van der Waals surface area (Å²) < 4.78 is 0. The summed E-state index contributed by atoms with van der Waals surface area (Å²) in [6, 6.07) is 5.15. The van der Waals surface area contributed by atoms with Crippen LogP contribution in [0.15, 0.2) is 18.2 Å². The van der Waals surface area contributed by atoms with Crippen LogP contribution in [0.4, 0.5) is 5.69 Å². The van der Waals surface area contributed by atoms with Crippen molar-refractivity contribution >= 4 is 11.6 Å². The van der Waals surface area contributed by atoms with Crippen LogP contribution in [-0.2, 0) is 0 Å². The number of benzene rings is 1. The smallest absolute Gasteiger partial charge is 0.285 e. The van der Waals surface area contributed by atoms with E-state index in [1.54, 1.807) is 25.1 Å². The summed E-state index contributed by atoms with van der Waals surface area (Å²) in [6.45, 7) is 4.42. The predicted molar refractivity (Wildman–Crippen MR) is 76.8 cm³/mol. The van der Waals surface area contributed by atoms with E-state index in [-0.39, 0.29) is 23.2 Å². The molecule has 1 saturated heterocycles. The summed E-state index contributed by atoms with van der Waals surface area (Å²) in [5, 5.41) is 11.2. The molecule has 1 aromatic carbocycles. The van der Waals surface area contributed by atoms with Gasteiger partial charge in [-0.2, -0.15) is 0 Å². The Morgan fingerprint density at radius 3 is 2.85 bits per heavy atom. The summed E-state index contributed by atoms with van der Waals surface area (Å²) in [5.74, 6) is -0.202. The molecule has 1 aliphatic heterocycles. The molecule has 2 rings (SSSR count). The molecule has 1 atom stereocenters. The van der Waals surface area contributed by atoms with Crippen LogP contribution >= 0.6 is 0 Å². The highest BCUT2D eigenvalue weighted by Gasteiger charge is 2.31. The Morgan fingerprint density at radius 2 is 2.20 bits per heavy atom. The van der Waals surface area contributed by atoms with E-state index in [9.17, 15) is 14.9 Å². The van der Waals surface area contributed by atoms with Crippen molar-refractivity contribution in [2.75, 3.05) is 6.54 Å². The van der Waals surface area contributed by atoms with Crippen LogP contribution in [0.2, 0.25) is 0 Å². The molecule has 1 aliphatic rings. The van der Waals surface area contributed by atoms with Gasteiger partial charge in [-0.25, -0.2) is 0 Å². The first-order valence-corrected chi connectivity index (χ1v) is 7.11. The number of aryl methyl sites for hydroxylation is 1. The van der Waals surface area contributed by atoms with Crippen LogP contribution < -0.4 is 0 Å². The molecule has 0 aromatic heterocycles. The van der Waals surface area contributed by atoms with E-state index in [2.05, 4.69) is 6.92 Å². The minimum absolute atomic E-state index is 0.0575. The van der Waals surface area contributed by atoms with E-state index >= 15 is 0 Å². The van der Waals surface area contributed by atoms with Crippen molar-refractivity contribution in [1.82, 2.24) is 4.90 Å². The molecule has 1 amide bonds. The third-order valence-corrected chi connectivity index (χ3v) is 4.01. The van der Waals surface area contributed by atoms with Crippen molar-refractivity contribution < 1.29 is 9.72 Å². The first-order valence-electron chi connectivity index (χ1n) is 7.11. The number of nitrogens with zero attached hydrogens (tertiary/aromatic N) is 2. The van der Waals surface area contributed by atoms with Gasteiger partial charge >= 0.3 is 0 Å². The van der Waals surface area contributed by atoms with E-state index in [1.165, 1.54) is 0 Å². The van der Waals surface area contributed by atoms with E-state index in [0.717, 1.165) is 25.7 Å². The number of piperidine rings is 1. The van der Waals surface area contributed by atoms with Crippen LogP contribution in [0.3, 0.4) is 0 Å². The maximum atomic E-state index is 12.7. The molecule has 0 saturated carbocycles. The molecule has 20 heavy (non-hydrogen) atoms. The molecule has 0 N–H and O–H groups in total. The van der Waals surface area contributed by atoms with Gasteiger partial charge in [0.05, 0.1) is 4.92 Å². The fourth-order valence-corrected chi connectivity index (χ4v) is 2.92. The summed E-state index contributed by atoms with van der Waals surface area (Å²) in [5.41, 5.74) is 0.694. The van der Waals surface area contributed by atoms with Gasteiger partial charge in [0.25, 0.3) is 11.6 Å². The summed E-state index contributed by atoms with van der Waals surface area (Å²) in [6.07, 6.45) is 3.98. The third-order valence-electron chi connectivity index (χ3n) is 4.01. The van der Waals surface area contributed by atoms with Crippen LogP contribution in [-0.4, -0.2) is 28.3 Å². The van der Waals surface area contributed by atoms with Gasteiger partial charge in [0, 0.05) is 18.2 Å². The summed E-state index contributed by atoms with van der Waals surface area (Å²) in [4.78, 5) is 25.2. The number of hydrogen-bond donors (Lipinski definition) is 0. The fourth-order valence-electron chi connectivity index (χ4n) is 2.92. The van der Waals surface area contributed by atoms with Crippen molar-refractivity contribution in [2.24, 2.45) is 0 Å². The van der Waals surface area contributed by atoms with Crippen LogP contribution in [0.25, 0.3) is 0 Å². The topological polar surface area (TPSA) is 63.5 Å². The SMILES string of the molecule is CCC1CCCCN1C(=O)c1cccc(C)c1[N+](=O)[O-]. The number of para-hydroxylation sites is 1. The molecule has 0 bridgehead atoms. The standard InChI is InChI=1S/C15H20N2O3/c1-3-12-8-4-5-10-16(12)15(18)13-9-6-7-11(2)14(13)17(19)20/h6-7,9,12H,3-5,8,10H2,1-2H3. The highest BCUT2D eigenvalue weighted by atomic mass is 16.6. The van der Waals surface area contributed by atoms with E-state index in [1.807, 2.05) is 4.90 Å². The predicted octanol–water partition coefficient (Wildman–Crippen LogP) is 3.31. The molecule has 0 aliphatic carbocycles. The van der Waals surface area contributed by atoms with Crippen LogP contribution in [0, 0.1) is 17.0 Å². The molecule has 1 fully saturated rings. The summed E-state index contributed by atoms with van der Waals surface area (Å²) in [7, 11) is 0. The number of carbonyl (C=O) groups excluding carboxylic acids is 1. The molecule has 1 aromatic rings. The Kier molecular flexibility index (Phi) is 4.37. The highest BCUT2D eigenvalue weighted by Crippen LogP contribution is 2.28. The maximum Gasteiger partial charge on any atom is 0.285 e. The number of nitro groups is 1. The zero-order valence-electron chi connectivity index (χ0n) is 12.0. The normalized spacial score (nSPS) is 18.9. The fraction of sp³-hybridized carbons (Fsp3) is 0.533. The number of carbonyl (C=O) groups is 1. The van der Waals surface area contributed by atoms with Gasteiger partial charge in [0.1, 0.15) is 5.56 Å². The minimum atomic E-state index is -0.451. The molecule has 1 unspecified atom stereocenters. The lowest BCUT2D eigenvalue weighted by atomic mass is 9.98. The van der Waals surface area contributed by atoms with Crippen LogP contribution in [0.5, 0.6) is 0 Å². The average molecular weight is 276 g/mol. The zero-order chi connectivity index (χ0) is 14.7. The Morgan fingerprint density at radius 1 is 1.45 bits per heavy atom. The van der Waals surface area contributed by atoms with Crippen molar-refractivity contribution in [2.45, 2.75) is 45.6 Å². The van der Waals surface area contributed by atoms with Crippen molar-refractivity contribution in [1.29, 1.82) is 0 Å². The van der Waals surface area contributed by atoms with Gasteiger partial charge < -0.3 is 4.90 Å². The third kappa shape index (κ3) is 2.66. The number of likely N-dealkylation sites (tertiary alicyclic amines) is 1. The Bertz CT molecular complexity index is 528. The zero-order valence-corrected chi connectivity index (χ0v) is 12.0. The second kappa shape index (κ2) is 6.03. The van der Waals surface area contributed by atoms with Crippen LogP contribution in [0.1, 0.15) is 48.5 Å². The Labute approximate surface area is 118 Å². The average Bonchev–Trinajstić information content (AvgIpc) is 2.45. The first kappa shape index (κ1) is 14.5. The van der Waals surface area contributed by atoms with Gasteiger partial charge in [-0.05, 0) is 38.7 Å². The van der Waals surface area contributed by atoms with E-state index in [0.29, 0.717) is 12.1 Å². The number of amides is 1. The van der Waals surface area contributed by atoms with Gasteiger partial charge in [0.15, 0.2) is 0 Å². The first-order chi connectivity index (χ1) is 9.56. The lowest BCUT2D eigenvalue weighted by Crippen LogP contribution is -2.43. The number of rotatable bonds is 3. The van der Waals surface area contributed by atoms with Gasteiger partial charge in [-0.3, -0.25) is 14.9 Å². The second-order valence-corrected chi connectivity index (χ2v) is 5.28. The largest absolute Gasteiger partial charge is 0.335 e. The Hall–Kier alpha value is -1.91. The van der Waals surface area contributed by atoms with E-state index < -0.39 is 4.92 Å². The lowest BCUT2D eigenvalue weighted by molar-refractivity contribution is -0.385. The molecular formula is C15H20N2O3. The maximum absolute atomic E-state index is 12.7. The molecule has 5 heteroatoms. The summed E-state index contributed by atoms with van der Waals surface area (Å²) >= 11 is 0. The lowest BCUT2D eigenvalue weighted by Gasteiger charge is -2.35. The van der Waals surface area contributed by atoms with Gasteiger partial charge in [-0.1, -0.05) is 19.1 Å². The number of hydrogen-bond acceptors (Lipinski definition) is 3. The van der Waals surface area contributed by atoms with Gasteiger partial charge in [-0.15, -0.1) is 0 Å². The highest BCUT2D eigenvalue weighted by molar-refractivity contribution is 5.98. The quantitative estimate of drug-likeness (QED) is 0.628. The molecule has 0 spiro atoms. The monoisotopic (exact) mass is 276 g/mol. The molecule has 108 valence electrons. The molecular weight excluding hydrogens is 256 g/mol. The molecule has 5 nitrogen and oxygen atoms in total. The van der Waals surface area contributed by atoms with Gasteiger partial charge in [0.2, 0.25) is 0 Å². The van der Waals surface area contributed by atoms with Crippen molar-refractivity contribution in [3.63, 3.8) is 0 Å². The molecule has 1 heterocycles. The molecule has 0 radical (unpaired) electrons.